The Bertz CT molecular complexity index is 1590. The molecule has 3 heterocycles. The van der Waals surface area contributed by atoms with Crippen molar-refractivity contribution in [2.45, 2.75) is 26.8 Å². The Kier molecular flexibility index (Phi) is 6.20. The van der Waals surface area contributed by atoms with Gasteiger partial charge in [0.15, 0.2) is 5.49 Å². The van der Waals surface area contributed by atoms with Crippen LogP contribution in [0.25, 0.3) is 22.8 Å². The number of aromatic nitrogens is 3. The molecule has 7 nitrogen and oxygen atoms in total. The molecule has 0 spiro atoms. The van der Waals surface area contributed by atoms with Crippen LogP contribution in [0.5, 0.6) is 0 Å². The Labute approximate surface area is 194 Å². The van der Waals surface area contributed by atoms with Gasteiger partial charge in [0, 0.05) is 23.8 Å². The maximum atomic E-state index is 13.2. The van der Waals surface area contributed by atoms with Crippen LogP contribution in [0.15, 0.2) is 64.5 Å². The second-order valence-corrected chi connectivity index (χ2v) is 7.96. The van der Waals surface area contributed by atoms with E-state index < -0.39 is 5.91 Å². The number of aryl methyl sites for hydroxylation is 2. The van der Waals surface area contributed by atoms with E-state index in [-0.39, 0.29) is 16.6 Å². The molecule has 0 bridgehead atoms. The van der Waals surface area contributed by atoms with Gasteiger partial charge in [0.2, 0.25) is 0 Å². The molecular weight excluding hydrogens is 438 g/mol. The largest absolute Gasteiger partial charge is 0.309 e. The Morgan fingerprint density at radius 1 is 1.24 bits per heavy atom. The molecule has 0 saturated carbocycles. The van der Waals surface area contributed by atoms with Crippen molar-refractivity contribution in [3.63, 3.8) is 0 Å². The molecule has 33 heavy (non-hydrogen) atoms. The normalized spacial score (nSPS) is 12.0. The summed E-state index contributed by atoms with van der Waals surface area (Å²) in [4.78, 5) is 34.7. The lowest BCUT2D eigenvalue weighted by Crippen LogP contribution is -2.29. The van der Waals surface area contributed by atoms with Crippen LogP contribution >= 0.6 is 11.6 Å². The molecular formula is C25H20ClN5O2. The summed E-state index contributed by atoms with van der Waals surface area (Å²) in [5.41, 5.74) is 2.58. The summed E-state index contributed by atoms with van der Waals surface area (Å²) in [6.07, 6.45) is 5.30. The van der Waals surface area contributed by atoms with E-state index in [1.165, 1.54) is 16.5 Å². The van der Waals surface area contributed by atoms with Gasteiger partial charge in [-0.25, -0.2) is 4.98 Å². The summed E-state index contributed by atoms with van der Waals surface area (Å²) >= 11 is 5.89. The van der Waals surface area contributed by atoms with Gasteiger partial charge in [0.05, 0.1) is 10.9 Å². The number of nitriles is 1. The summed E-state index contributed by atoms with van der Waals surface area (Å²) in [5, 5.41) is 10.7. The van der Waals surface area contributed by atoms with Crippen LogP contribution < -0.4 is 11.0 Å². The highest BCUT2D eigenvalue weighted by Crippen LogP contribution is 2.13. The van der Waals surface area contributed by atoms with E-state index in [1.807, 2.05) is 19.9 Å². The van der Waals surface area contributed by atoms with E-state index in [2.05, 4.69) is 11.1 Å². The highest BCUT2D eigenvalue weighted by molar-refractivity contribution is 6.30. The van der Waals surface area contributed by atoms with Crippen molar-refractivity contribution in [3.8, 4) is 6.07 Å². The molecule has 0 fully saturated rings. The van der Waals surface area contributed by atoms with Gasteiger partial charge >= 0.3 is 0 Å². The predicted octanol–water partition coefficient (Wildman–Crippen LogP) is 4.03. The molecule has 0 saturated heterocycles. The second-order valence-electron chi connectivity index (χ2n) is 7.52. The third-order valence-electron chi connectivity index (χ3n) is 5.18. The molecule has 1 aromatic carbocycles. The number of hydrogen-bond acceptors (Lipinski definition) is 4. The number of benzene rings is 1. The van der Waals surface area contributed by atoms with Crippen molar-refractivity contribution in [3.05, 3.63) is 92.3 Å². The standard InChI is InChI=1S/C25H20ClN5O2/c1-3-12-30-23(28-21(32)11-8-17-6-9-19(26)10-7-17)18(15-27)14-20-24(30)29-22-16(2)5-4-13-31(22)25(20)33/h4-11,13-14H,3,12H2,1-2H3/b11-8+,28-23?. The summed E-state index contributed by atoms with van der Waals surface area (Å²) in [6.45, 7) is 4.27. The molecule has 0 aliphatic carbocycles. The maximum absolute atomic E-state index is 13.2. The number of fused-ring (bicyclic) bond motifs is 2. The number of carbonyl (C=O) groups excluding carboxylic acids is 1. The van der Waals surface area contributed by atoms with E-state index in [1.54, 1.807) is 47.2 Å². The van der Waals surface area contributed by atoms with Crippen LogP contribution in [0.1, 0.15) is 30.0 Å². The van der Waals surface area contributed by atoms with Gasteiger partial charge in [-0.15, -0.1) is 0 Å². The number of amides is 1. The topological polar surface area (TPSA) is 92.5 Å². The van der Waals surface area contributed by atoms with Gasteiger partial charge in [-0.2, -0.15) is 10.3 Å². The number of halogens is 1. The van der Waals surface area contributed by atoms with Gasteiger partial charge in [0.1, 0.15) is 17.4 Å². The Balaban J connectivity index is 1.96. The first-order valence-corrected chi connectivity index (χ1v) is 10.8. The van der Waals surface area contributed by atoms with Crippen molar-refractivity contribution in [2.75, 3.05) is 0 Å². The molecule has 4 aromatic rings. The van der Waals surface area contributed by atoms with Gasteiger partial charge in [-0.05, 0) is 54.8 Å². The van der Waals surface area contributed by atoms with Crippen LogP contribution in [-0.2, 0) is 11.3 Å². The fraction of sp³-hybridized carbons (Fsp3) is 0.160. The minimum atomic E-state index is -0.528. The minimum absolute atomic E-state index is 0.135. The van der Waals surface area contributed by atoms with Crippen LogP contribution in [0.3, 0.4) is 0 Å². The van der Waals surface area contributed by atoms with Gasteiger partial charge < -0.3 is 4.57 Å². The smallest absolute Gasteiger partial charge is 0.271 e. The molecule has 0 atom stereocenters. The molecule has 3 aromatic heterocycles. The monoisotopic (exact) mass is 457 g/mol. The lowest BCUT2D eigenvalue weighted by molar-refractivity contribution is -0.113. The lowest BCUT2D eigenvalue weighted by Gasteiger charge is -2.13. The summed E-state index contributed by atoms with van der Waals surface area (Å²) in [7, 11) is 0. The van der Waals surface area contributed by atoms with Crippen LogP contribution in [-0.4, -0.2) is 19.9 Å². The molecule has 0 unspecified atom stereocenters. The fourth-order valence-electron chi connectivity index (χ4n) is 3.61. The van der Waals surface area contributed by atoms with Crippen LogP contribution in [0.4, 0.5) is 0 Å². The second kappa shape index (κ2) is 9.23. The van der Waals surface area contributed by atoms with Crippen molar-refractivity contribution in [1.82, 2.24) is 14.0 Å². The highest BCUT2D eigenvalue weighted by atomic mass is 35.5. The average Bonchev–Trinajstić information content (AvgIpc) is 2.81. The zero-order valence-electron chi connectivity index (χ0n) is 18.1. The third-order valence-corrected chi connectivity index (χ3v) is 5.43. The Morgan fingerprint density at radius 3 is 2.70 bits per heavy atom. The Hall–Kier alpha value is -4.02. The molecule has 164 valence electrons. The zero-order valence-corrected chi connectivity index (χ0v) is 18.9. The lowest BCUT2D eigenvalue weighted by atomic mass is 10.2. The molecule has 0 aliphatic rings. The molecule has 4 rings (SSSR count). The summed E-state index contributed by atoms with van der Waals surface area (Å²) in [6, 6.07) is 14.2. The van der Waals surface area contributed by atoms with E-state index in [0.29, 0.717) is 34.7 Å². The highest BCUT2D eigenvalue weighted by Gasteiger charge is 2.15. The van der Waals surface area contributed by atoms with Crippen LogP contribution in [0, 0.1) is 18.3 Å². The number of nitrogens with zero attached hydrogens (tertiary/aromatic N) is 5. The van der Waals surface area contributed by atoms with Crippen molar-refractivity contribution < 1.29 is 4.79 Å². The van der Waals surface area contributed by atoms with Crippen molar-refractivity contribution >= 4 is 40.3 Å². The number of rotatable bonds is 4. The SMILES string of the molecule is CCCn1c(=NC(=O)/C=C/c2ccc(Cl)cc2)c(C#N)cc2c(=O)n3cccc(C)c3nc21. The molecule has 1 amide bonds. The summed E-state index contributed by atoms with van der Waals surface area (Å²) in [5.74, 6) is -0.528. The maximum Gasteiger partial charge on any atom is 0.271 e. The predicted molar refractivity (Wildman–Crippen MR) is 128 cm³/mol. The average molecular weight is 458 g/mol. The zero-order chi connectivity index (χ0) is 23.5. The van der Waals surface area contributed by atoms with Crippen molar-refractivity contribution in [1.29, 1.82) is 5.26 Å². The number of pyridine rings is 2. The van der Waals surface area contributed by atoms with E-state index >= 15 is 0 Å². The van der Waals surface area contributed by atoms with Gasteiger partial charge in [-0.1, -0.05) is 36.7 Å². The van der Waals surface area contributed by atoms with Crippen LogP contribution in [0.2, 0.25) is 5.02 Å². The van der Waals surface area contributed by atoms with Crippen molar-refractivity contribution in [2.24, 2.45) is 4.99 Å². The molecule has 0 N–H and O–H groups in total. The van der Waals surface area contributed by atoms with E-state index in [9.17, 15) is 14.9 Å². The van der Waals surface area contributed by atoms with E-state index in [4.69, 9.17) is 16.6 Å². The molecule has 0 aliphatic heterocycles. The number of carbonyl (C=O) groups is 1. The molecule has 8 heteroatoms. The first-order chi connectivity index (χ1) is 15.9. The third kappa shape index (κ3) is 4.34. The quantitative estimate of drug-likeness (QED) is 0.341. The first kappa shape index (κ1) is 22.2. The minimum Gasteiger partial charge on any atom is -0.309 e. The van der Waals surface area contributed by atoms with E-state index in [0.717, 1.165) is 11.1 Å². The van der Waals surface area contributed by atoms with Gasteiger partial charge in [0.25, 0.3) is 11.5 Å². The first-order valence-electron chi connectivity index (χ1n) is 10.4. The Morgan fingerprint density at radius 2 is 2.00 bits per heavy atom. The van der Waals surface area contributed by atoms with Gasteiger partial charge in [-0.3, -0.25) is 14.0 Å². The number of hydrogen-bond donors (Lipinski definition) is 0. The summed E-state index contributed by atoms with van der Waals surface area (Å²) < 4.78 is 3.14. The molecule has 0 radical (unpaired) electrons. The fourth-order valence-corrected chi connectivity index (χ4v) is 3.73.